The van der Waals surface area contributed by atoms with Crippen molar-refractivity contribution < 1.29 is 0 Å². The van der Waals surface area contributed by atoms with E-state index >= 15 is 0 Å². The maximum atomic E-state index is 4.74. The summed E-state index contributed by atoms with van der Waals surface area (Å²) in [6.07, 6.45) is 5.76. The Bertz CT molecular complexity index is 1090. The number of nitrogens with one attached hydrogen (secondary N) is 1. The second-order valence-electron chi connectivity index (χ2n) is 7.82. The van der Waals surface area contributed by atoms with Crippen LogP contribution in [0.4, 0.5) is 11.6 Å². The van der Waals surface area contributed by atoms with Gasteiger partial charge in [0.05, 0.1) is 28.8 Å². The average Bonchev–Trinajstić information content (AvgIpc) is 3.09. The second-order valence-corrected chi connectivity index (χ2v) is 7.82. The van der Waals surface area contributed by atoms with Crippen molar-refractivity contribution in [2.45, 2.75) is 39.7 Å². The number of hydrogen-bond donors (Lipinski definition) is 1. The third kappa shape index (κ3) is 3.99. The van der Waals surface area contributed by atoms with Gasteiger partial charge in [-0.1, -0.05) is 6.58 Å². The zero-order chi connectivity index (χ0) is 20.5. The van der Waals surface area contributed by atoms with Crippen LogP contribution in [0.2, 0.25) is 0 Å². The smallest absolute Gasteiger partial charge is 0.241 e. The quantitative estimate of drug-likeness (QED) is 0.676. The van der Waals surface area contributed by atoms with Crippen LogP contribution in [0.25, 0.3) is 16.8 Å². The Hall–Kier alpha value is -3.22. The van der Waals surface area contributed by atoms with Gasteiger partial charge in [0.1, 0.15) is 0 Å². The molecule has 0 radical (unpaired) electrons. The van der Waals surface area contributed by atoms with E-state index in [-0.39, 0.29) is 0 Å². The molecule has 7 nitrogen and oxygen atoms in total. The van der Waals surface area contributed by atoms with Crippen molar-refractivity contribution in [1.82, 2.24) is 24.5 Å². The highest BCUT2D eigenvalue weighted by Gasteiger charge is 2.20. The summed E-state index contributed by atoms with van der Waals surface area (Å²) in [5.74, 6) is 0.634. The zero-order valence-corrected chi connectivity index (χ0v) is 17.5. The minimum Gasteiger partial charge on any atom is -0.378 e. The summed E-state index contributed by atoms with van der Waals surface area (Å²) in [5, 5.41) is 8.09. The molecule has 4 heterocycles. The second kappa shape index (κ2) is 7.66. The summed E-state index contributed by atoms with van der Waals surface area (Å²) in [6.45, 7) is 11.1. The van der Waals surface area contributed by atoms with Gasteiger partial charge in [-0.15, -0.1) is 5.10 Å². The first-order valence-electron chi connectivity index (χ1n) is 9.90. The largest absolute Gasteiger partial charge is 0.378 e. The summed E-state index contributed by atoms with van der Waals surface area (Å²) < 4.78 is 1.85. The van der Waals surface area contributed by atoms with E-state index in [1.165, 1.54) is 0 Å². The molecular weight excluding hydrogens is 362 g/mol. The predicted molar refractivity (Wildman–Crippen MR) is 118 cm³/mol. The van der Waals surface area contributed by atoms with Crippen molar-refractivity contribution in [3.63, 3.8) is 0 Å². The van der Waals surface area contributed by atoms with Crippen molar-refractivity contribution >= 4 is 22.9 Å². The number of nitrogens with zero attached hydrogens (tertiary/aromatic N) is 6. The van der Waals surface area contributed by atoms with Crippen LogP contribution in [0.3, 0.4) is 0 Å². The predicted octanol–water partition coefficient (Wildman–Crippen LogP) is 4.23. The van der Waals surface area contributed by atoms with Crippen LogP contribution < -0.4 is 5.32 Å². The molecule has 0 amide bonds. The van der Waals surface area contributed by atoms with Crippen molar-refractivity contribution in [3.05, 3.63) is 48.6 Å². The molecule has 1 saturated heterocycles. The fourth-order valence-corrected chi connectivity index (χ4v) is 3.60. The third-order valence-electron chi connectivity index (χ3n) is 5.26. The number of likely N-dealkylation sites (tertiary alicyclic amines) is 1. The fourth-order valence-electron chi connectivity index (χ4n) is 3.60. The molecule has 0 aromatic carbocycles. The Kier molecular flexibility index (Phi) is 5.05. The number of aryl methyl sites for hydroxylation is 1. The standard InChI is InChI=1S/C22H27N7/c1-14(2)24-19-6-7-20(25-16(19)4)18-9-11-29-21(18)13-23-22(27-29)26-17-8-10-28(5)15(3)12-17/h6-7,9,11,13,17H,3,8,10,12H2,1-2,4-5H3,(H,26,27). The molecular formula is C22H27N7. The van der Waals surface area contributed by atoms with Gasteiger partial charge in [-0.3, -0.25) is 9.98 Å². The van der Waals surface area contributed by atoms with Gasteiger partial charge in [-0.2, -0.15) is 0 Å². The molecule has 0 bridgehead atoms. The Morgan fingerprint density at radius 3 is 2.83 bits per heavy atom. The first-order valence-corrected chi connectivity index (χ1v) is 9.90. The number of aromatic nitrogens is 4. The molecule has 3 aromatic heterocycles. The lowest BCUT2D eigenvalue weighted by molar-refractivity contribution is 0.330. The molecule has 1 fully saturated rings. The van der Waals surface area contributed by atoms with Gasteiger partial charge in [0, 0.05) is 49.2 Å². The summed E-state index contributed by atoms with van der Waals surface area (Å²) in [5.41, 5.74) is 6.80. The summed E-state index contributed by atoms with van der Waals surface area (Å²) >= 11 is 0. The lowest BCUT2D eigenvalue weighted by atomic mass is 10.0. The third-order valence-corrected chi connectivity index (χ3v) is 5.26. The van der Waals surface area contributed by atoms with E-state index in [9.17, 15) is 0 Å². The zero-order valence-electron chi connectivity index (χ0n) is 17.5. The SMILES string of the molecule is C=C1CC(Nc2ncc3c(-c4ccc(N=C(C)C)c(C)n4)ccn3n2)CCN1C. The van der Waals surface area contributed by atoms with E-state index in [4.69, 9.17) is 4.98 Å². The maximum absolute atomic E-state index is 4.74. The number of hydrogen-bond acceptors (Lipinski definition) is 6. The van der Waals surface area contributed by atoms with Gasteiger partial charge in [-0.25, -0.2) is 9.50 Å². The Labute approximate surface area is 171 Å². The monoisotopic (exact) mass is 389 g/mol. The number of rotatable bonds is 4. The molecule has 0 saturated carbocycles. The normalized spacial score (nSPS) is 16.9. The van der Waals surface area contributed by atoms with Gasteiger partial charge in [0.15, 0.2) is 0 Å². The molecule has 0 spiro atoms. The molecule has 150 valence electrons. The number of anilines is 1. The van der Waals surface area contributed by atoms with Gasteiger partial charge in [-0.05, 0) is 45.4 Å². The molecule has 7 heteroatoms. The van der Waals surface area contributed by atoms with Crippen LogP contribution in [-0.2, 0) is 0 Å². The fraction of sp³-hybridized carbons (Fsp3) is 0.364. The molecule has 1 unspecified atom stereocenters. The molecule has 1 aliphatic heterocycles. The Balaban J connectivity index is 1.58. The molecule has 1 N–H and O–H groups in total. The Morgan fingerprint density at radius 2 is 2.10 bits per heavy atom. The minimum absolute atomic E-state index is 0.311. The van der Waals surface area contributed by atoms with E-state index in [1.54, 1.807) is 0 Å². The van der Waals surface area contributed by atoms with Crippen LogP contribution in [-0.4, -0.2) is 49.8 Å². The first kappa shape index (κ1) is 19.1. The lowest BCUT2D eigenvalue weighted by Gasteiger charge is -2.32. The number of piperidine rings is 1. The molecule has 0 aliphatic carbocycles. The summed E-state index contributed by atoms with van der Waals surface area (Å²) in [4.78, 5) is 16.0. The van der Waals surface area contributed by atoms with Gasteiger partial charge >= 0.3 is 0 Å². The lowest BCUT2D eigenvalue weighted by Crippen LogP contribution is -2.35. The van der Waals surface area contributed by atoms with E-state index in [2.05, 4.69) is 38.9 Å². The Morgan fingerprint density at radius 1 is 1.28 bits per heavy atom. The minimum atomic E-state index is 0.311. The summed E-state index contributed by atoms with van der Waals surface area (Å²) in [6, 6.07) is 6.35. The van der Waals surface area contributed by atoms with Crippen molar-refractivity contribution in [3.8, 4) is 11.3 Å². The van der Waals surface area contributed by atoms with Crippen molar-refractivity contribution in [2.75, 3.05) is 18.9 Å². The molecule has 4 rings (SSSR count). The highest BCUT2D eigenvalue weighted by molar-refractivity contribution is 5.83. The topological polar surface area (TPSA) is 70.7 Å². The highest BCUT2D eigenvalue weighted by atomic mass is 15.3. The van der Waals surface area contributed by atoms with Crippen LogP contribution in [0.5, 0.6) is 0 Å². The van der Waals surface area contributed by atoms with E-state index in [0.717, 1.165) is 59.0 Å². The first-order chi connectivity index (χ1) is 13.9. The van der Waals surface area contributed by atoms with Crippen LogP contribution in [0.1, 0.15) is 32.4 Å². The van der Waals surface area contributed by atoms with Crippen LogP contribution in [0, 0.1) is 6.92 Å². The van der Waals surface area contributed by atoms with Gasteiger partial charge in [0.2, 0.25) is 5.95 Å². The van der Waals surface area contributed by atoms with E-state index in [1.807, 2.05) is 55.9 Å². The summed E-state index contributed by atoms with van der Waals surface area (Å²) in [7, 11) is 2.08. The maximum Gasteiger partial charge on any atom is 0.241 e. The van der Waals surface area contributed by atoms with Gasteiger partial charge < -0.3 is 10.2 Å². The highest BCUT2D eigenvalue weighted by Crippen LogP contribution is 2.27. The molecule has 3 aromatic rings. The van der Waals surface area contributed by atoms with Crippen LogP contribution >= 0.6 is 0 Å². The molecule has 1 aliphatic rings. The van der Waals surface area contributed by atoms with Gasteiger partial charge in [0.25, 0.3) is 0 Å². The van der Waals surface area contributed by atoms with Crippen LogP contribution in [0.15, 0.2) is 47.9 Å². The van der Waals surface area contributed by atoms with Crippen molar-refractivity contribution in [1.29, 1.82) is 0 Å². The molecule has 29 heavy (non-hydrogen) atoms. The number of pyridine rings is 1. The van der Waals surface area contributed by atoms with Crippen molar-refractivity contribution in [2.24, 2.45) is 4.99 Å². The molecule has 1 atom stereocenters. The average molecular weight is 390 g/mol. The number of aliphatic imine (C=N–C) groups is 1. The number of fused-ring (bicyclic) bond motifs is 1. The van der Waals surface area contributed by atoms with E-state index in [0.29, 0.717) is 12.0 Å². The van der Waals surface area contributed by atoms with E-state index < -0.39 is 0 Å².